The second-order valence-electron chi connectivity index (χ2n) is 18.9. The molecule has 2 aromatic carbocycles. The lowest BCUT2D eigenvalue weighted by Crippen LogP contribution is -2.50. The van der Waals surface area contributed by atoms with Gasteiger partial charge in [0.25, 0.3) is 11.8 Å². The molecule has 0 aromatic heterocycles. The zero-order valence-electron chi connectivity index (χ0n) is 39.6. The highest BCUT2D eigenvalue weighted by Gasteiger charge is 2.49. The predicted molar refractivity (Wildman–Crippen MR) is 270 cm³/mol. The Labute approximate surface area is 405 Å². The SMILES string of the molecule is C=CS(=O)(=O)N1CCC2(CC1)N=C(C1CCCCC1)NC2=O.Cc1cc(N(C)C(N)=O)cc(C)c1/C=C/S(=O)(=O)N1CCC2(CC1)N=C(C1CCCCC1)NC2=O.Cc1cc(N)cc(C)c1Br. The largest absolute Gasteiger partial charge is 0.399 e. The molecule has 16 nitrogen and oxygen atoms in total. The first-order valence-corrected chi connectivity index (χ1v) is 27.2. The molecule has 6 aliphatic rings. The molecule has 0 unspecified atom stereocenters. The molecule has 4 heterocycles. The van der Waals surface area contributed by atoms with Gasteiger partial charge in [-0.2, -0.15) is 8.61 Å². The first-order chi connectivity index (χ1) is 31.6. The van der Waals surface area contributed by atoms with Gasteiger partial charge in [-0.1, -0.05) is 61.0 Å². The molecule has 0 atom stereocenters. The maximum absolute atomic E-state index is 13.1. The van der Waals surface area contributed by atoms with Crippen molar-refractivity contribution in [3.63, 3.8) is 0 Å². The van der Waals surface area contributed by atoms with Gasteiger partial charge in [0.1, 0.15) is 22.7 Å². The summed E-state index contributed by atoms with van der Waals surface area (Å²) in [5, 5.41) is 8.18. The number of amides is 4. The highest BCUT2D eigenvalue weighted by atomic mass is 79.9. The first kappa shape index (κ1) is 52.0. The summed E-state index contributed by atoms with van der Waals surface area (Å²) in [6, 6.07) is 6.95. The van der Waals surface area contributed by atoms with Crippen molar-refractivity contribution in [1.29, 1.82) is 0 Å². The Kier molecular flexibility index (Phi) is 16.6. The normalized spacial score (nSPS) is 21.4. The Balaban J connectivity index is 0.000000195. The van der Waals surface area contributed by atoms with E-state index in [1.807, 2.05) is 39.8 Å². The van der Waals surface area contributed by atoms with Crippen LogP contribution in [-0.2, 0) is 29.6 Å². The number of urea groups is 1. The molecule has 2 aromatic rings. The lowest BCUT2D eigenvalue weighted by Gasteiger charge is -2.34. The Hall–Kier alpha value is -4.43. The van der Waals surface area contributed by atoms with Crippen molar-refractivity contribution >= 4 is 82.9 Å². The van der Waals surface area contributed by atoms with E-state index in [-0.39, 0.29) is 24.9 Å². The van der Waals surface area contributed by atoms with E-state index in [4.69, 9.17) is 21.5 Å². The number of piperidine rings is 2. The number of aryl methyl sites for hydroxylation is 4. The van der Waals surface area contributed by atoms with Crippen molar-refractivity contribution in [3.8, 4) is 0 Å². The molecule has 6 N–H and O–H groups in total. The van der Waals surface area contributed by atoms with Crippen LogP contribution in [0.5, 0.6) is 0 Å². The number of nitrogens with two attached hydrogens (primary N) is 2. The standard InChI is InChI=1S/C25H35N5O4S.C15H23N3O3S.C8H10BrN/c1-17-15-20(29(3)24(26)32)16-18(2)21(17)9-14-35(33,34)30-12-10-25(11-13-30)23(31)27-22(28-25)19-7-5-4-6-8-19;1-2-22(20,21)18-10-8-15(9-11-18)14(19)16-13(17-15)12-6-4-3-5-7-12;1-5-3-7(10)4-6(2)8(5)9/h9,14-16,19H,4-8,10-13H2,1-3H3,(H2,26,32)(H,27,28,31);2,12H,1,3-11H2,(H,16,17,19);3-4H,10H2,1-2H3/b14-9+;;. The highest BCUT2D eigenvalue weighted by molar-refractivity contribution is 9.10. The number of rotatable bonds is 8. The van der Waals surface area contributed by atoms with Gasteiger partial charge >= 0.3 is 6.03 Å². The number of nitrogens with zero attached hydrogens (tertiary/aromatic N) is 5. The van der Waals surface area contributed by atoms with Crippen LogP contribution in [0.15, 0.2) is 56.1 Å². The van der Waals surface area contributed by atoms with Crippen molar-refractivity contribution in [2.24, 2.45) is 27.6 Å². The summed E-state index contributed by atoms with van der Waals surface area (Å²) < 4.78 is 53.8. The van der Waals surface area contributed by atoms with E-state index in [2.05, 4.69) is 33.1 Å². The number of nitrogen functional groups attached to an aromatic ring is 1. The quantitative estimate of drug-likeness (QED) is 0.199. The average molecular weight is 1030 g/mol. The summed E-state index contributed by atoms with van der Waals surface area (Å²) in [4.78, 5) is 47.6. The molecular formula is C48H68BrN9O7S2. The van der Waals surface area contributed by atoms with Crippen LogP contribution in [0.3, 0.4) is 0 Å². The second-order valence-corrected chi connectivity index (χ2v) is 23.3. The minimum Gasteiger partial charge on any atom is -0.399 e. The van der Waals surface area contributed by atoms with Crippen molar-refractivity contribution in [1.82, 2.24) is 19.2 Å². The summed E-state index contributed by atoms with van der Waals surface area (Å²) in [7, 11) is -5.48. The number of primary amides is 1. The number of carbonyl (C=O) groups is 3. The minimum atomic E-state index is -3.66. The summed E-state index contributed by atoms with van der Waals surface area (Å²) in [5.74, 6) is 2.19. The van der Waals surface area contributed by atoms with Gasteiger partial charge in [0.2, 0.25) is 20.0 Å². The van der Waals surface area contributed by atoms with E-state index in [0.717, 1.165) is 82.5 Å². The molecule has 2 saturated carbocycles. The maximum atomic E-state index is 13.1. The first-order valence-electron chi connectivity index (χ1n) is 23.4. The predicted octanol–water partition coefficient (Wildman–Crippen LogP) is 7.11. The lowest BCUT2D eigenvalue weighted by molar-refractivity contribution is -0.125. The smallest absolute Gasteiger partial charge is 0.318 e. The Morgan fingerprint density at radius 1 is 0.731 bits per heavy atom. The number of aliphatic imine (C=N–C) groups is 2. The number of benzene rings is 2. The molecule has 4 fully saturated rings. The van der Waals surface area contributed by atoms with Gasteiger partial charge in [-0.05, 0) is 137 Å². The van der Waals surface area contributed by atoms with Crippen LogP contribution in [0.2, 0.25) is 0 Å². The lowest BCUT2D eigenvalue weighted by atomic mass is 9.88. The number of nitrogens with one attached hydrogen (secondary N) is 2. The zero-order chi connectivity index (χ0) is 48.9. The number of hydrogen-bond donors (Lipinski definition) is 4. The van der Waals surface area contributed by atoms with Crippen molar-refractivity contribution in [2.75, 3.05) is 43.9 Å². The van der Waals surface area contributed by atoms with Gasteiger partial charge in [0.15, 0.2) is 0 Å². The fourth-order valence-corrected chi connectivity index (χ4v) is 12.3. The summed E-state index contributed by atoms with van der Waals surface area (Å²) >= 11 is 3.46. The van der Waals surface area contributed by atoms with E-state index >= 15 is 0 Å². The molecule has 0 radical (unpaired) electrons. The van der Waals surface area contributed by atoms with Crippen molar-refractivity contribution in [3.05, 3.63) is 74.0 Å². The maximum Gasteiger partial charge on any atom is 0.318 e. The number of amidine groups is 2. The molecule has 4 amide bonds. The van der Waals surface area contributed by atoms with Crippen LogP contribution < -0.4 is 27.0 Å². The zero-order valence-corrected chi connectivity index (χ0v) is 42.8. The molecule has 67 heavy (non-hydrogen) atoms. The molecule has 2 saturated heterocycles. The van der Waals surface area contributed by atoms with E-state index in [1.165, 1.54) is 55.7 Å². The fraction of sp³-hybridized carbons (Fsp3) is 0.562. The minimum absolute atomic E-state index is 0.0521. The topological polar surface area (TPSA) is 230 Å². The third-order valence-electron chi connectivity index (χ3n) is 14.2. The van der Waals surface area contributed by atoms with Crippen LogP contribution in [0.1, 0.15) is 118 Å². The number of anilines is 2. The summed E-state index contributed by atoms with van der Waals surface area (Å²) in [6.07, 6.45) is 14.7. The Bertz CT molecular complexity index is 2490. The van der Waals surface area contributed by atoms with Crippen LogP contribution in [0.4, 0.5) is 16.2 Å². The van der Waals surface area contributed by atoms with Gasteiger partial charge in [-0.15, -0.1) is 0 Å². The molecule has 2 spiro atoms. The molecular weight excluding hydrogens is 959 g/mol. The monoisotopic (exact) mass is 1030 g/mol. The van der Waals surface area contributed by atoms with Gasteiger partial charge in [0.05, 0.1) is 0 Å². The molecule has 4 aliphatic heterocycles. The number of halogens is 1. The summed E-state index contributed by atoms with van der Waals surface area (Å²) in [6.45, 7) is 12.3. The molecule has 2 aliphatic carbocycles. The van der Waals surface area contributed by atoms with Gasteiger partial charge in [0, 0.05) is 71.7 Å². The number of sulfonamides is 2. The number of hydrogen-bond acceptors (Lipinski definition) is 10. The van der Waals surface area contributed by atoms with Crippen LogP contribution >= 0.6 is 15.9 Å². The highest BCUT2D eigenvalue weighted by Crippen LogP contribution is 2.37. The van der Waals surface area contributed by atoms with Crippen LogP contribution in [-0.4, -0.2) is 99.3 Å². The van der Waals surface area contributed by atoms with E-state index in [1.54, 1.807) is 25.3 Å². The van der Waals surface area contributed by atoms with Gasteiger partial charge < -0.3 is 22.1 Å². The van der Waals surface area contributed by atoms with Gasteiger partial charge in [-0.3, -0.25) is 24.5 Å². The molecule has 8 rings (SSSR count). The Morgan fingerprint density at radius 2 is 1.13 bits per heavy atom. The molecule has 19 heteroatoms. The third kappa shape index (κ3) is 12.1. The third-order valence-corrected chi connectivity index (χ3v) is 18.5. The van der Waals surface area contributed by atoms with Crippen LogP contribution in [0.25, 0.3) is 6.08 Å². The van der Waals surface area contributed by atoms with E-state index < -0.39 is 37.2 Å². The summed E-state index contributed by atoms with van der Waals surface area (Å²) in [5.41, 5.74) is 15.7. The second kappa shape index (κ2) is 21.5. The average Bonchev–Trinajstić information content (AvgIpc) is 3.80. The van der Waals surface area contributed by atoms with Gasteiger partial charge in [-0.25, -0.2) is 21.6 Å². The molecule has 0 bridgehead atoms. The fourth-order valence-electron chi connectivity index (χ4n) is 9.98. The molecule has 366 valence electrons. The number of carbonyl (C=O) groups excluding carboxylic acids is 3. The van der Waals surface area contributed by atoms with Crippen molar-refractivity contribution in [2.45, 2.75) is 129 Å². The van der Waals surface area contributed by atoms with Crippen LogP contribution in [0, 0.1) is 39.5 Å². The Morgan fingerprint density at radius 3 is 1.52 bits per heavy atom. The van der Waals surface area contributed by atoms with E-state index in [9.17, 15) is 31.2 Å². The van der Waals surface area contributed by atoms with Crippen molar-refractivity contribution < 1.29 is 31.2 Å². The van der Waals surface area contributed by atoms with E-state index in [0.29, 0.717) is 56.3 Å².